The van der Waals surface area contributed by atoms with Gasteiger partial charge in [0.2, 0.25) is 0 Å². The number of rotatable bonds is 2. The van der Waals surface area contributed by atoms with Crippen LogP contribution in [0, 0.1) is 11.8 Å². The maximum absolute atomic E-state index is 12.7. The van der Waals surface area contributed by atoms with Crippen LogP contribution in [-0.2, 0) is 0 Å². The van der Waals surface area contributed by atoms with E-state index in [-0.39, 0.29) is 11.9 Å². The number of nitrogens with two attached hydrogens (primary N) is 1. The summed E-state index contributed by atoms with van der Waals surface area (Å²) >= 11 is 0. The van der Waals surface area contributed by atoms with Crippen LogP contribution >= 0.6 is 0 Å². The summed E-state index contributed by atoms with van der Waals surface area (Å²) in [6, 6.07) is 8.31. The second-order valence-corrected chi connectivity index (χ2v) is 6.80. The van der Waals surface area contributed by atoms with E-state index in [0.29, 0.717) is 23.6 Å². The number of hydrogen-bond donors (Lipinski definition) is 3. The zero-order valence-electron chi connectivity index (χ0n) is 12.6. The molecule has 1 aromatic heterocycles. The molecule has 4 rings (SSSR count). The SMILES string of the molecule is NC1CC2CCCC(C1)C2NC(=O)c1n[nH]c2ccccc12. The van der Waals surface area contributed by atoms with Crippen LogP contribution in [0.2, 0.25) is 0 Å². The molecule has 1 amide bonds. The Hall–Kier alpha value is -1.88. The van der Waals surface area contributed by atoms with Crippen molar-refractivity contribution in [3.63, 3.8) is 0 Å². The number of carbonyl (C=O) groups excluding carboxylic acids is 1. The summed E-state index contributed by atoms with van der Waals surface area (Å²) < 4.78 is 0. The highest BCUT2D eigenvalue weighted by molar-refractivity contribution is 6.04. The van der Waals surface area contributed by atoms with E-state index in [1.165, 1.54) is 19.3 Å². The number of aromatic amines is 1. The second-order valence-electron chi connectivity index (χ2n) is 6.80. The lowest BCUT2D eigenvalue weighted by atomic mass is 9.67. The van der Waals surface area contributed by atoms with Gasteiger partial charge in [-0.25, -0.2) is 0 Å². The molecule has 22 heavy (non-hydrogen) atoms. The predicted octanol–water partition coefficient (Wildman–Crippen LogP) is 2.20. The molecule has 4 N–H and O–H groups in total. The third kappa shape index (κ3) is 2.29. The van der Waals surface area contributed by atoms with E-state index in [1.807, 2.05) is 24.3 Å². The lowest BCUT2D eigenvalue weighted by molar-refractivity contribution is 0.0753. The van der Waals surface area contributed by atoms with Gasteiger partial charge in [-0.3, -0.25) is 9.89 Å². The number of hydrogen-bond acceptors (Lipinski definition) is 3. The molecule has 2 bridgehead atoms. The zero-order chi connectivity index (χ0) is 15.1. The van der Waals surface area contributed by atoms with Crippen LogP contribution in [0.5, 0.6) is 0 Å². The molecule has 1 aromatic carbocycles. The second kappa shape index (κ2) is 5.39. The van der Waals surface area contributed by atoms with Crippen molar-refractivity contribution in [3.05, 3.63) is 30.0 Å². The summed E-state index contributed by atoms with van der Waals surface area (Å²) in [5.74, 6) is 0.989. The Kier molecular flexibility index (Phi) is 3.37. The van der Waals surface area contributed by atoms with Crippen molar-refractivity contribution in [2.75, 3.05) is 0 Å². The van der Waals surface area contributed by atoms with Crippen LogP contribution in [0.1, 0.15) is 42.6 Å². The third-order valence-electron chi connectivity index (χ3n) is 5.36. The van der Waals surface area contributed by atoms with E-state index >= 15 is 0 Å². The Labute approximate surface area is 129 Å². The van der Waals surface area contributed by atoms with Gasteiger partial charge in [0.05, 0.1) is 5.52 Å². The van der Waals surface area contributed by atoms with Crippen molar-refractivity contribution < 1.29 is 4.79 Å². The Balaban J connectivity index is 1.57. The molecular formula is C17H22N4O. The average Bonchev–Trinajstić information content (AvgIpc) is 2.92. The number of para-hydroxylation sites is 1. The number of nitrogens with zero attached hydrogens (tertiary/aromatic N) is 1. The summed E-state index contributed by atoms with van der Waals surface area (Å²) in [5.41, 5.74) is 7.56. The average molecular weight is 298 g/mol. The van der Waals surface area contributed by atoms with E-state index in [4.69, 9.17) is 5.73 Å². The molecule has 2 aliphatic carbocycles. The molecule has 2 aliphatic rings. The quantitative estimate of drug-likeness (QED) is 0.794. The first-order chi connectivity index (χ1) is 10.7. The molecule has 2 atom stereocenters. The van der Waals surface area contributed by atoms with Gasteiger partial charge in [-0.15, -0.1) is 0 Å². The monoisotopic (exact) mass is 298 g/mol. The molecule has 5 heteroatoms. The number of benzene rings is 1. The fraction of sp³-hybridized carbons (Fsp3) is 0.529. The van der Waals surface area contributed by atoms with Crippen LogP contribution in [0.4, 0.5) is 0 Å². The maximum atomic E-state index is 12.7. The van der Waals surface area contributed by atoms with Gasteiger partial charge in [-0.2, -0.15) is 5.10 Å². The summed E-state index contributed by atoms with van der Waals surface area (Å²) in [4.78, 5) is 12.7. The molecule has 0 spiro atoms. The highest BCUT2D eigenvalue weighted by atomic mass is 16.2. The number of amides is 1. The molecule has 2 saturated carbocycles. The third-order valence-corrected chi connectivity index (χ3v) is 5.36. The van der Waals surface area contributed by atoms with Gasteiger partial charge >= 0.3 is 0 Å². The van der Waals surface area contributed by atoms with Gasteiger partial charge in [0.15, 0.2) is 5.69 Å². The summed E-state index contributed by atoms with van der Waals surface area (Å²) in [7, 11) is 0. The van der Waals surface area contributed by atoms with Gasteiger partial charge in [0.1, 0.15) is 0 Å². The minimum Gasteiger partial charge on any atom is -0.347 e. The Bertz CT molecular complexity index is 681. The highest BCUT2D eigenvalue weighted by Gasteiger charge is 2.40. The van der Waals surface area contributed by atoms with Crippen LogP contribution in [0.3, 0.4) is 0 Å². The fourth-order valence-electron chi connectivity index (χ4n) is 4.38. The van der Waals surface area contributed by atoms with Crippen molar-refractivity contribution in [3.8, 4) is 0 Å². The van der Waals surface area contributed by atoms with Crippen molar-refractivity contribution in [1.29, 1.82) is 0 Å². The van der Waals surface area contributed by atoms with E-state index in [0.717, 1.165) is 23.7 Å². The number of nitrogens with one attached hydrogen (secondary N) is 2. The topological polar surface area (TPSA) is 83.8 Å². The number of fused-ring (bicyclic) bond motifs is 3. The molecule has 2 fully saturated rings. The van der Waals surface area contributed by atoms with Gasteiger partial charge in [0, 0.05) is 17.5 Å². The summed E-state index contributed by atoms with van der Waals surface area (Å²) in [6.45, 7) is 0. The minimum atomic E-state index is -0.0604. The van der Waals surface area contributed by atoms with E-state index in [1.54, 1.807) is 0 Å². The van der Waals surface area contributed by atoms with E-state index in [2.05, 4.69) is 15.5 Å². The first-order valence-electron chi connectivity index (χ1n) is 8.22. The Morgan fingerprint density at radius 1 is 1.23 bits per heavy atom. The lowest BCUT2D eigenvalue weighted by Crippen LogP contribution is -2.53. The molecule has 0 aliphatic heterocycles. The van der Waals surface area contributed by atoms with Crippen LogP contribution in [-0.4, -0.2) is 28.2 Å². The molecule has 1 heterocycles. The number of H-pyrrole nitrogens is 1. The molecule has 5 nitrogen and oxygen atoms in total. The zero-order valence-corrected chi connectivity index (χ0v) is 12.6. The standard InChI is InChI=1S/C17H22N4O/c18-12-8-10-4-3-5-11(9-12)15(10)19-17(22)16-13-6-1-2-7-14(13)20-21-16/h1-2,6-7,10-12,15H,3-5,8-9,18H2,(H,19,22)(H,20,21). The van der Waals surface area contributed by atoms with Crippen LogP contribution in [0.15, 0.2) is 24.3 Å². The lowest BCUT2D eigenvalue weighted by Gasteiger charge is -2.45. The molecule has 2 aromatic rings. The molecular weight excluding hydrogens is 276 g/mol. The number of aromatic nitrogens is 2. The largest absolute Gasteiger partial charge is 0.347 e. The summed E-state index contributed by atoms with van der Waals surface area (Å²) in [6.07, 6.45) is 5.68. The molecule has 2 unspecified atom stereocenters. The first kappa shape index (κ1) is 13.8. The number of carbonyl (C=O) groups is 1. The van der Waals surface area contributed by atoms with Crippen molar-refractivity contribution >= 4 is 16.8 Å². The van der Waals surface area contributed by atoms with Gasteiger partial charge < -0.3 is 11.1 Å². The van der Waals surface area contributed by atoms with Gasteiger partial charge in [-0.05, 0) is 43.6 Å². The normalized spacial score (nSPS) is 31.1. The minimum absolute atomic E-state index is 0.0604. The molecule has 116 valence electrons. The van der Waals surface area contributed by atoms with Gasteiger partial charge in [-0.1, -0.05) is 24.6 Å². The predicted molar refractivity (Wildman–Crippen MR) is 85.4 cm³/mol. The summed E-state index contributed by atoms with van der Waals surface area (Å²) in [5, 5.41) is 11.3. The van der Waals surface area contributed by atoms with E-state index in [9.17, 15) is 4.79 Å². The van der Waals surface area contributed by atoms with E-state index < -0.39 is 0 Å². The van der Waals surface area contributed by atoms with Crippen molar-refractivity contribution in [2.45, 2.75) is 44.2 Å². The van der Waals surface area contributed by atoms with Crippen LogP contribution < -0.4 is 11.1 Å². The maximum Gasteiger partial charge on any atom is 0.272 e. The highest BCUT2D eigenvalue weighted by Crippen LogP contribution is 2.39. The smallest absolute Gasteiger partial charge is 0.272 e. The molecule has 0 radical (unpaired) electrons. The Morgan fingerprint density at radius 3 is 2.73 bits per heavy atom. The first-order valence-corrected chi connectivity index (χ1v) is 8.22. The van der Waals surface area contributed by atoms with Gasteiger partial charge in [0.25, 0.3) is 5.91 Å². The fourth-order valence-corrected chi connectivity index (χ4v) is 4.38. The van der Waals surface area contributed by atoms with Crippen molar-refractivity contribution in [2.24, 2.45) is 17.6 Å². The van der Waals surface area contributed by atoms with Crippen LogP contribution in [0.25, 0.3) is 10.9 Å². The Morgan fingerprint density at radius 2 is 1.95 bits per heavy atom. The molecule has 0 saturated heterocycles. The van der Waals surface area contributed by atoms with Crippen molar-refractivity contribution in [1.82, 2.24) is 15.5 Å².